The molecule has 37 heavy (non-hydrogen) atoms. The second-order valence-electron chi connectivity index (χ2n) is 9.96. The zero-order chi connectivity index (χ0) is 27.9. The molecule has 1 amide bonds. The Balaban J connectivity index is 1.38. The Bertz CT molecular complexity index is 1750. The maximum absolute atomic E-state index is 13.7. The molecule has 2 aromatic carbocycles. The zero-order valence-electron chi connectivity index (χ0n) is 23.5. The highest BCUT2D eigenvalue weighted by molar-refractivity contribution is 5.98. The zero-order valence-corrected chi connectivity index (χ0v) is 20.5. The van der Waals surface area contributed by atoms with E-state index in [2.05, 4.69) is 38.2 Å². The number of nitrogens with zero attached hydrogens (tertiary/aromatic N) is 6. The van der Waals surface area contributed by atoms with Crippen LogP contribution in [0.4, 0.5) is 5.95 Å². The first-order valence-electron chi connectivity index (χ1n) is 13.9. The Labute approximate surface area is 219 Å². The fourth-order valence-corrected chi connectivity index (χ4v) is 5.89. The molecule has 8 nitrogen and oxygen atoms in total. The molecule has 0 unspecified atom stereocenters. The van der Waals surface area contributed by atoms with Crippen molar-refractivity contribution in [2.75, 3.05) is 18.4 Å². The minimum atomic E-state index is -2.63. The van der Waals surface area contributed by atoms with Gasteiger partial charge in [0, 0.05) is 70.8 Å². The monoisotopic (exact) mass is 492 g/mol. The largest absolute Gasteiger partial charge is 0.335 e. The molecule has 2 bridgehead atoms. The van der Waals surface area contributed by atoms with Gasteiger partial charge >= 0.3 is 0 Å². The van der Waals surface area contributed by atoms with Gasteiger partial charge in [0.25, 0.3) is 5.91 Å². The summed E-state index contributed by atoms with van der Waals surface area (Å²) in [4.78, 5) is 30.8. The number of hydrogen-bond acceptors (Lipinski definition) is 6. The highest BCUT2D eigenvalue weighted by Gasteiger charge is 2.44. The van der Waals surface area contributed by atoms with Gasteiger partial charge in [-0.25, -0.2) is 15.0 Å². The first-order chi connectivity index (χ1) is 19.2. The second kappa shape index (κ2) is 7.89. The number of aromatic nitrogens is 4. The van der Waals surface area contributed by atoms with Gasteiger partial charge in [-0.05, 0) is 43.7 Å². The van der Waals surface area contributed by atoms with Crippen LogP contribution in [-0.4, -0.2) is 55.9 Å². The highest BCUT2D eigenvalue weighted by Crippen LogP contribution is 2.48. The predicted octanol–water partition coefficient (Wildman–Crippen LogP) is 3.52. The van der Waals surface area contributed by atoms with Crippen molar-refractivity contribution in [1.29, 1.82) is 0 Å². The summed E-state index contributed by atoms with van der Waals surface area (Å²) < 4.78 is 26.8. The topological polar surface area (TPSA) is 93.2 Å². The molecule has 8 heteroatoms. The molecular formula is C29H27N7O. The van der Waals surface area contributed by atoms with Crippen molar-refractivity contribution >= 4 is 22.9 Å². The highest BCUT2D eigenvalue weighted by atomic mass is 16.2. The third kappa shape index (κ3) is 3.07. The normalized spacial score (nSPS) is 25.3. The van der Waals surface area contributed by atoms with Crippen LogP contribution in [0.1, 0.15) is 63.8 Å². The average molecular weight is 493 g/mol. The van der Waals surface area contributed by atoms with E-state index in [1.165, 1.54) is 0 Å². The number of carbonyl (C=O) groups is 1. The van der Waals surface area contributed by atoms with Crippen LogP contribution in [0.5, 0.6) is 0 Å². The molecule has 1 saturated heterocycles. The van der Waals surface area contributed by atoms with E-state index in [0.717, 1.165) is 44.7 Å². The summed E-state index contributed by atoms with van der Waals surface area (Å²) in [6, 6.07) is 10.6. The predicted molar refractivity (Wildman–Crippen MR) is 142 cm³/mol. The van der Waals surface area contributed by atoms with Crippen molar-refractivity contribution in [2.24, 2.45) is 5.73 Å². The molecule has 5 heterocycles. The van der Waals surface area contributed by atoms with E-state index < -0.39 is 18.9 Å². The van der Waals surface area contributed by atoms with E-state index in [0.29, 0.717) is 23.8 Å². The Hall–Kier alpha value is -4.22. The second-order valence-corrected chi connectivity index (χ2v) is 9.96. The molecule has 3 aliphatic rings. The summed E-state index contributed by atoms with van der Waals surface area (Å²) in [5.74, 6) is 6.79. The summed E-state index contributed by atoms with van der Waals surface area (Å²) >= 11 is 0. The third-order valence-corrected chi connectivity index (χ3v) is 7.98. The minimum Gasteiger partial charge on any atom is -0.335 e. The molecule has 2 N–H and O–H groups in total. The van der Waals surface area contributed by atoms with E-state index in [-0.39, 0.29) is 18.1 Å². The number of rotatable bonds is 2. The maximum Gasteiger partial charge on any atom is 0.254 e. The average Bonchev–Trinajstić information content (AvgIpc) is 3.44. The summed E-state index contributed by atoms with van der Waals surface area (Å²) in [6.45, 7) is 1.92. The van der Waals surface area contributed by atoms with E-state index in [1.54, 1.807) is 19.1 Å². The molecule has 7 rings (SSSR count). The Morgan fingerprint density at radius 3 is 2.70 bits per heavy atom. The molecular weight excluding hydrogens is 462 g/mol. The number of hydrogen-bond donors (Lipinski definition) is 1. The van der Waals surface area contributed by atoms with Gasteiger partial charge in [-0.15, -0.1) is 5.92 Å². The molecule has 0 spiro atoms. The van der Waals surface area contributed by atoms with Gasteiger partial charge in [0.05, 0.1) is 23.1 Å². The first-order valence-corrected chi connectivity index (χ1v) is 12.4. The summed E-state index contributed by atoms with van der Waals surface area (Å²) in [5, 5.41) is 0. The van der Waals surface area contributed by atoms with Crippen LogP contribution in [0.15, 0.2) is 48.8 Å². The van der Waals surface area contributed by atoms with Crippen LogP contribution < -0.4 is 10.6 Å². The van der Waals surface area contributed by atoms with E-state index in [1.807, 2.05) is 36.7 Å². The summed E-state index contributed by atoms with van der Waals surface area (Å²) in [5.41, 5.74) is 11.2. The van der Waals surface area contributed by atoms with Gasteiger partial charge < -0.3 is 20.1 Å². The number of nitrogens with two attached hydrogens (primary N) is 1. The number of amides is 1. The number of carbonyl (C=O) groups excluding carboxylic acids is 1. The molecule has 2 aromatic heterocycles. The lowest BCUT2D eigenvalue weighted by Gasteiger charge is -2.44. The van der Waals surface area contributed by atoms with Crippen molar-refractivity contribution in [1.82, 2.24) is 24.4 Å². The molecule has 4 aromatic rings. The quantitative estimate of drug-likeness (QED) is 0.431. The summed E-state index contributed by atoms with van der Waals surface area (Å²) in [6.07, 6.45) is 4.03. The molecule has 0 saturated carbocycles. The van der Waals surface area contributed by atoms with Crippen LogP contribution in [0.25, 0.3) is 22.2 Å². The van der Waals surface area contributed by atoms with Crippen LogP contribution in [-0.2, 0) is 0 Å². The van der Waals surface area contributed by atoms with Gasteiger partial charge in [0.15, 0.2) is 0 Å². The molecule has 4 atom stereocenters. The van der Waals surface area contributed by atoms with Crippen molar-refractivity contribution in [3.63, 3.8) is 0 Å². The lowest BCUT2D eigenvalue weighted by Crippen LogP contribution is -2.63. The van der Waals surface area contributed by atoms with E-state index in [4.69, 9.17) is 14.8 Å². The fourth-order valence-electron chi connectivity index (χ4n) is 5.89. The Morgan fingerprint density at radius 2 is 1.97 bits per heavy atom. The van der Waals surface area contributed by atoms with Gasteiger partial charge in [0.1, 0.15) is 5.82 Å². The molecule has 0 aliphatic carbocycles. The smallest absolute Gasteiger partial charge is 0.254 e. The van der Waals surface area contributed by atoms with Crippen LogP contribution in [0.3, 0.4) is 0 Å². The lowest BCUT2D eigenvalue weighted by molar-refractivity contribution is 0.0734. The van der Waals surface area contributed by atoms with Gasteiger partial charge in [-0.3, -0.25) is 4.79 Å². The number of benzene rings is 2. The maximum atomic E-state index is 13.7. The first kappa shape index (κ1) is 19.0. The summed E-state index contributed by atoms with van der Waals surface area (Å²) in [7, 11) is 0. The van der Waals surface area contributed by atoms with Gasteiger partial charge in [0.2, 0.25) is 5.95 Å². The molecule has 3 aliphatic heterocycles. The third-order valence-electron chi connectivity index (χ3n) is 7.98. The number of anilines is 1. The van der Waals surface area contributed by atoms with E-state index in [9.17, 15) is 4.79 Å². The van der Waals surface area contributed by atoms with Crippen LogP contribution >= 0.6 is 0 Å². The van der Waals surface area contributed by atoms with Crippen molar-refractivity contribution in [2.45, 2.75) is 44.4 Å². The Kier molecular flexibility index (Phi) is 4.04. The standard InChI is InChI=1S/C29H27N7O/c1-4-6-17-7-5-8-20-26(17)24-12-25(34(3)28(20)37)27-33-22-10-9-18(11-23(22)36(24)27)19-13-31-29(32-14-19)35-15-21(30)16(35)2/h5,7-11,13-14,16,21,24-25H,12,15,30H2,1-3H3/t16-,21+,24+,25+/m0/s1/i3D3. The lowest BCUT2D eigenvalue weighted by atomic mass is 9.93. The SMILES string of the molecule is [2H]C([2H])([2H])N1C(=O)c2cccc(C#CC)c2[C@H]2C[C@@H]1c1nc3ccc(-c4cnc(N5C[C@@H](N)[C@@H]5C)nc4)cc3n12. The number of fused-ring (bicyclic) bond motifs is 9. The minimum absolute atomic E-state index is 0.128. The molecule has 0 radical (unpaired) electrons. The molecule has 1 fully saturated rings. The fraction of sp³-hybridized carbons (Fsp3) is 0.310. The van der Waals surface area contributed by atoms with Crippen molar-refractivity contribution in [3.8, 4) is 23.0 Å². The molecule has 184 valence electrons. The van der Waals surface area contributed by atoms with Gasteiger partial charge in [-0.2, -0.15) is 0 Å². The van der Waals surface area contributed by atoms with Crippen molar-refractivity contribution in [3.05, 3.63) is 71.3 Å². The van der Waals surface area contributed by atoms with Crippen molar-refractivity contribution < 1.29 is 8.91 Å². The Morgan fingerprint density at radius 1 is 1.14 bits per heavy atom. The number of imidazole rings is 1. The van der Waals surface area contributed by atoms with Crippen LogP contribution in [0, 0.1) is 11.8 Å². The van der Waals surface area contributed by atoms with E-state index >= 15 is 0 Å². The van der Waals surface area contributed by atoms with Crippen LogP contribution in [0.2, 0.25) is 0 Å². The van der Waals surface area contributed by atoms with Gasteiger partial charge in [-0.1, -0.05) is 18.1 Å².